The molecule has 2 atom stereocenters. The Morgan fingerprint density at radius 3 is 2.89 bits per heavy atom. The van der Waals surface area contributed by atoms with Gasteiger partial charge in [0.2, 0.25) is 0 Å². The summed E-state index contributed by atoms with van der Waals surface area (Å²) in [4.78, 5) is 0. The summed E-state index contributed by atoms with van der Waals surface area (Å²) in [5.41, 5.74) is 4.32. The molecule has 1 heterocycles. The van der Waals surface area contributed by atoms with Crippen molar-refractivity contribution in [1.29, 1.82) is 0 Å². The van der Waals surface area contributed by atoms with Gasteiger partial charge in [0.25, 0.3) is 0 Å². The van der Waals surface area contributed by atoms with Crippen molar-refractivity contribution in [3.8, 4) is 0 Å². The molecule has 0 fully saturated rings. The lowest BCUT2D eigenvalue weighted by Crippen LogP contribution is -2.22. The fourth-order valence-corrected chi connectivity index (χ4v) is 3.32. The predicted octanol–water partition coefficient (Wildman–Crippen LogP) is 2.49. The summed E-state index contributed by atoms with van der Waals surface area (Å²) in [7, 11) is 4.10. The third-order valence-corrected chi connectivity index (χ3v) is 4.35. The van der Waals surface area contributed by atoms with E-state index in [2.05, 4.69) is 47.8 Å². The third kappa shape index (κ3) is 2.30. The average Bonchev–Trinajstić information content (AvgIpc) is 2.99. The number of hydrogen-bond acceptors (Lipinski definition) is 2. The van der Waals surface area contributed by atoms with Crippen molar-refractivity contribution < 1.29 is 0 Å². The van der Waals surface area contributed by atoms with Crippen LogP contribution >= 0.6 is 0 Å². The molecule has 19 heavy (non-hydrogen) atoms. The van der Waals surface area contributed by atoms with Gasteiger partial charge in [-0.05, 0) is 49.4 Å². The molecule has 0 radical (unpaired) electrons. The number of benzene rings is 1. The minimum atomic E-state index is 0.504. The van der Waals surface area contributed by atoms with Crippen molar-refractivity contribution in [1.82, 2.24) is 15.1 Å². The lowest BCUT2D eigenvalue weighted by molar-refractivity contribution is 0.384. The molecule has 2 aromatic rings. The van der Waals surface area contributed by atoms with Crippen LogP contribution in [0.5, 0.6) is 0 Å². The van der Waals surface area contributed by atoms with Gasteiger partial charge in [-0.1, -0.05) is 24.3 Å². The Morgan fingerprint density at radius 2 is 2.16 bits per heavy atom. The monoisotopic (exact) mass is 255 g/mol. The number of nitrogens with one attached hydrogen (secondary N) is 1. The molecular formula is C16H21N3. The normalized spacial score (nSPS) is 21.6. The molecule has 2 unspecified atom stereocenters. The standard InChI is InChI=1S/C16H21N3/c1-17-16-13(7-8-14-9-10-18-19(14)2)11-12-5-3-4-6-15(12)16/h3-6,9-10,13,16-17H,7-8,11H2,1-2H3. The van der Waals surface area contributed by atoms with Crippen molar-refractivity contribution in [2.75, 3.05) is 7.05 Å². The van der Waals surface area contributed by atoms with E-state index < -0.39 is 0 Å². The molecule has 0 bridgehead atoms. The maximum absolute atomic E-state index is 4.24. The van der Waals surface area contributed by atoms with E-state index in [1.165, 1.54) is 29.7 Å². The van der Waals surface area contributed by atoms with E-state index in [0.29, 0.717) is 12.0 Å². The fourth-order valence-electron chi connectivity index (χ4n) is 3.32. The zero-order valence-electron chi connectivity index (χ0n) is 11.6. The Morgan fingerprint density at radius 1 is 1.32 bits per heavy atom. The van der Waals surface area contributed by atoms with Crippen molar-refractivity contribution in [3.63, 3.8) is 0 Å². The molecule has 1 aliphatic carbocycles. The fraction of sp³-hybridized carbons (Fsp3) is 0.438. The van der Waals surface area contributed by atoms with Gasteiger partial charge in [-0.25, -0.2) is 0 Å². The van der Waals surface area contributed by atoms with Crippen molar-refractivity contribution in [3.05, 3.63) is 53.3 Å². The van der Waals surface area contributed by atoms with Crippen molar-refractivity contribution >= 4 is 0 Å². The van der Waals surface area contributed by atoms with E-state index in [-0.39, 0.29) is 0 Å². The summed E-state index contributed by atoms with van der Waals surface area (Å²) in [6, 6.07) is 11.5. The number of nitrogens with zero attached hydrogens (tertiary/aromatic N) is 2. The van der Waals surface area contributed by atoms with Crippen LogP contribution in [0.4, 0.5) is 0 Å². The molecule has 1 N–H and O–H groups in total. The Balaban J connectivity index is 1.71. The quantitative estimate of drug-likeness (QED) is 0.909. The lowest BCUT2D eigenvalue weighted by Gasteiger charge is -2.19. The molecule has 3 rings (SSSR count). The maximum Gasteiger partial charge on any atom is 0.0492 e. The highest BCUT2D eigenvalue weighted by Gasteiger charge is 2.30. The van der Waals surface area contributed by atoms with E-state index in [1.807, 2.05) is 17.9 Å². The van der Waals surface area contributed by atoms with Crippen LogP contribution in [0.1, 0.15) is 29.3 Å². The first-order valence-electron chi connectivity index (χ1n) is 7.01. The van der Waals surface area contributed by atoms with Gasteiger partial charge in [0, 0.05) is 25.0 Å². The Bertz CT molecular complexity index is 559. The molecule has 0 aliphatic heterocycles. The Kier molecular flexibility index (Phi) is 3.38. The molecule has 1 aliphatic rings. The van der Waals surface area contributed by atoms with Gasteiger partial charge in [0.1, 0.15) is 0 Å². The second kappa shape index (κ2) is 5.17. The molecule has 3 nitrogen and oxygen atoms in total. The summed E-state index contributed by atoms with van der Waals surface area (Å²) >= 11 is 0. The summed E-state index contributed by atoms with van der Waals surface area (Å²) in [5.74, 6) is 0.692. The van der Waals surface area contributed by atoms with E-state index in [4.69, 9.17) is 0 Å². The Hall–Kier alpha value is -1.61. The topological polar surface area (TPSA) is 29.9 Å². The van der Waals surface area contributed by atoms with Gasteiger partial charge >= 0.3 is 0 Å². The molecule has 0 saturated heterocycles. The summed E-state index contributed by atoms with van der Waals surface area (Å²) in [6.45, 7) is 0. The first kappa shape index (κ1) is 12.4. The van der Waals surface area contributed by atoms with Gasteiger partial charge in [-0.3, -0.25) is 4.68 Å². The summed E-state index contributed by atoms with van der Waals surface area (Å²) in [5, 5.41) is 7.73. The molecule has 0 spiro atoms. The number of aryl methyl sites for hydroxylation is 2. The third-order valence-electron chi connectivity index (χ3n) is 4.35. The number of fused-ring (bicyclic) bond motifs is 1. The van der Waals surface area contributed by atoms with E-state index in [9.17, 15) is 0 Å². The zero-order chi connectivity index (χ0) is 13.2. The van der Waals surface area contributed by atoms with Gasteiger partial charge < -0.3 is 5.32 Å². The van der Waals surface area contributed by atoms with Crippen LogP contribution in [0, 0.1) is 5.92 Å². The molecular weight excluding hydrogens is 234 g/mol. The van der Waals surface area contributed by atoms with E-state index in [1.54, 1.807) is 0 Å². The van der Waals surface area contributed by atoms with Crippen LogP contribution in [0.3, 0.4) is 0 Å². The van der Waals surface area contributed by atoms with Crippen LogP contribution in [0.25, 0.3) is 0 Å². The number of hydrogen-bond donors (Lipinski definition) is 1. The van der Waals surface area contributed by atoms with Crippen LogP contribution < -0.4 is 5.32 Å². The smallest absolute Gasteiger partial charge is 0.0492 e. The van der Waals surface area contributed by atoms with Gasteiger partial charge in [-0.15, -0.1) is 0 Å². The van der Waals surface area contributed by atoms with Gasteiger partial charge in [-0.2, -0.15) is 5.10 Å². The molecule has 0 saturated carbocycles. The number of aromatic nitrogens is 2. The molecule has 0 amide bonds. The maximum atomic E-state index is 4.24. The lowest BCUT2D eigenvalue weighted by atomic mass is 9.94. The Labute approximate surface area is 114 Å². The van der Waals surface area contributed by atoms with Gasteiger partial charge in [0.15, 0.2) is 0 Å². The van der Waals surface area contributed by atoms with Crippen molar-refractivity contribution in [2.24, 2.45) is 13.0 Å². The first-order valence-corrected chi connectivity index (χ1v) is 7.01. The highest BCUT2D eigenvalue weighted by Crippen LogP contribution is 2.38. The number of rotatable bonds is 4. The molecule has 100 valence electrons. The average molecular weight is 255 g/mol. The second-order valence-corrected chi connectivity index (χ2v) is 5.41. The largest absolute Gasteiger partial charge is 0.313 e. The highest BCUT2D eigenvalue weighted by molar-refractivity contribution is 5.35. The minimum Gasteiger partial charge on any atom is -0.313 e. The molecule has 1 aromatic carbocycles. The second-order valence-electron chi connectivity index (χ2n) is 5.41. The van der Waals surface area contributed by atoms with E-state index in [0.717, 1.165) is 6.42 Å². The summed E-state index contributed by atoms with van der Waals surface area (Å²) in [6.07, 6.45) is 5.39. The summed E-state index contributed by atoms with van der Waals surface area (Å²) < 4.78 is 1.98. The van der Waals surface area contributed by atoms with Crippen LogP contribution in [0.2, 0.25) is 0 Å². The highest BCUT2D eigenvalue weighted by atomic mass is 15.2. The zero-order valence-corrected chi connectivity index (χ0v) is 11.6. The minimum absolute atomic E-state index is 0.504. The SMILES string of the molecule is CNC1c2ccccc2CC1CCc1ccnn1C. The predicted molar refractivity (Wildman–Crippen MR) is 77.0 cm³/mol. The van der Waals surface area contributed by atoms with Gasteiger partial charge in [0.05, 0.1) is 0 Å². The molecule has 1 aromatic heterocycles. The van der Waals surface area contributed by atoms with Crippen molar-refractivity contribution in [2.45, 2.75) is 25.3 Å². The van der Waals surface area contributed by atoms with Crippen LogP contribution in [-0.2, 0) is 19.9 Å². The van der Waals surface area contributed by atoms with Crippen LogP contribution in [0.15, 0.2) is 36.5 Å². The van der Waals surface area contributed by atoms with Crippen LogP contribution in [-0.4, -0.2) is 16.8 Å². The van der Waals surface area contributed by atoms with E-state index >= 15 is 0 Å². The first-order chi connectivity index (χ1) is 9.29. The molecule has 3 heteroatoms.